The third-order valence-corrected chi connectivity index (χ3v) is 1.59. The van der Waals surface area contributed by atoms with Crippen LogP contribution < -0.4 is 0 Å². The van der Waals surface area contributed by atoms with Gasteiger partial charge in [0.1, 0.15) is 19.8 Å². The second-order valence-corrected chi connectivity index (χ2v) is 2.81. The Morgan fingerprint density at radius 3 is 2.55 bits per heavy atom. The summed E-state index contributed by atoms with van der Waals surface area (Å²) in [6, 6.07) is 0. The largest absolute Gasteiger partial charge is 0.242 e. The molecule has 0 fully saturated rings. The Kier molecular flexibility index (Phi) is 7.11. The molecular weight excluding hydrogens is 134 g/mol. The van der Waals surface area contributed by atoms with Crippen LogP contribution in [0.25, 0.3) is 0 Å². The van der Waals surface area contributed by atoms with Gasteiger partial charge in [0, 0.05) is 12.8 Å². The van der Waals surface area contributed by atoms with Gasteiger partial charge in [0.05, 0.1) is 0 Å². The Labute approximate surface area is 70.4 Å². The highest BCUT2D eigenvalue weighted by atomic mass is 14.9. The molecule has 0 heterocycles. The van der Waals surface area contributed by atoms with Crippen molar-refractivity contribution < 1.29 is 4.58 Å². The summed E-state index contributed by atoms with van der Waals surface area (Å²) in [7, 11) is 2.14. The Balaban J connectivity index is 3.39. The highest BCUT2D eigenvalue weighted by Gasteiger charge is 1.90. The summed E-state index contributed by atoms with van der Waals surface area (Å²) >= 11 is 0. The van der Waals surface area contributed by atoms with Crippen molar-refractivity contribution in [2.24, 2.45) is 0 Å². The average Bonchev–Trinajstić information content (AvgIpc) is 1.99. The Morgan fingerprint density at radius 1 is 1.27 bits per heavy atom. The Bertz CT molecular complexity index is 134. The van der Waals surface area contributed by atoms with Crippen molar-refractivity contribution in [1.29, 1.82) is 0 Å². The summed E-state index contributed by atoms with van der Waals surface area (Å²) in [4.78, 5) is 0. The number of hydrogen-bond donors (Lipinski definition) is 0. The molecule has 0 spiro atoms. The van der Waals surface area contributed by atoms with Gasteiger partial charge in [-0.05, 0) is 13.3 Å². The van der Waals surface area contributed by atoms with Crippen LogP contribution in [0.1, 0.15) is 33.1 Å². The maximum absolute atomic E-state index is 2.27. The van der Waals surface area contributed by atoms with E-state index in [1.54, 1.807) is 0 Å². The highest BCUT2D eigenvalue weighted by molar-refractivity contribution is 5.51. The minimum absolute atomic E-state index is 1.17. The summed E-state index contributed by atoms with van der Waals surface area (Å²) in [5, 5.41) is 0. The van der Waals surface area contributed by atoms with E-state index in [9.17, 15) is 0 Å². The molecule has 0 N–H and O–H groups in total. The molecule has 0 radical (unpaired) electrons. The summed E-state index contributed by atoms with van der Waals surface area (Å²) in [6.45, 7) is 5.45. The first-order chi connectivity index (χ1) is 5.31. The third-order valence-electron chi connectivity index (χ3n) is 1.59. The van der Waals surface area contributed by atoms with E-state index in [1.807, 2.05) is 0 Å². The van der Waals surface area contributed by atoms with Crippen LogP contribution in [0.2, 0.25) is 0 Å². The molecule has 64 valence electrons. The van der Waals surface area contributed by atoms with Gasteiger partial charge in [-0.25, -0.2) is 4.58 Å². The number of nitrogens with zero attached hydrogens (tertiary/aromatic N) is 1. The zero-order valence-electron chi connectivity index (χ0n) is 8.01. The van der Waals surface area contributed by atoms with Gasteiger partial charge in [-0.2, -0.15) is 0 Å². The molecule has 1 nitrogen and oxygen atoms in total. The van der Waals surface area contributed by atoms with Gasteiger partial charge in [0.15, 0.2) is 0 Å². The van der Waals surface area contributed by atoms with Crippen LogP contribution in [-0.2, 0) is 0 Å². The molecule has 0 rings (SSSR count). The molecule has 0 unspecified atom stereocenters. The van der Waals surface area contributed by atoms with E-state index in [0.29, 0.717) is 0 Å². The number of hydrogen-bond acceptors (Lipinski definition) is 0. The number of allylic oxidation sites excluding steroid dienone is 2. The quantitative estimate of drug-likeness (QED) is 0.248. The number of unbranched alkanes of at least 4 members (excludes halogenated alkanes) is 1. The molecule has 0 atom stereocenters. The first-order valence-corrected chi connectivity index (χ1v) is 4.46. The van der Waals surface area contributed by atoms with Crippen molar-refractivity contribution in [1.82, 2.24) is 0 Å². The molecule has 0 aliphatic carbocycles. The molecule has 0 aromatic rings. The zero-order chi connectivity index (χ0) is 8.53. The predicted octanol–water partition coefficient (Wildman–Crippen LogP) is 2.47. The Hall–Kier alpha value is -0.590. The minimum atomic E-state index is 1.17. The standard InChI is InChI=1S/C10H20N/c1-4-6-7-8-10-11(3)9-5-2/h4,6,10H,5,7-9H2,1-3H3/q+1. The Morgan fingerprint density at radius 2 is 2.00 bits per heavy atom. The van der Waals surface area contributed by atoms with Gasteiger partial charge in [0.25, 0.3) is 0 Å². The fraction of sp³-hybridized carbons (Fsp3) is 0.700. The van der Waals surface area contributed by atoms with Crippen LogP contribution in [0, 0.1) is 0 Å². The summed E-state index contributed by atoms with van der Waals surface area (Å²) in [6.07, 6.45) is 10.1. The lowest BCUT2D eigenvalue weighted by Crippen LogP contribution is -2.07. The summed E-state index contributed by atoms with van der Waals surface area (Å²) in [5.74, 6) is 0. The molecule has 0 aliphatic heterocycles. The van der Waals surface area contributed by atoms with Gasteiger partial charge in [-0.3, -0.25) is 0 Å². The molecule has 0 saturated heterocycles. The van der Waals surface area contributed by atoms with Crippen molar-refractivity contribution >= 4 is 6.21 Å². The number of rotatable bonds is 5. The summed E-state index contributed by atoms with van der Waals surface area (Å²) < 4.78 is 2.27. The highest BCUT2D eigenvalue weighted by Crippen LogP contribution is 1.87. The van der Waals surface area contributed by atoms with Crippen molar-refractivity contribution in [2.45, 2.75) is 33.1 Å². The smallest absolute Gasteiger partial charge is 0.142 e. The molecule has 0 aromatic carbocycles. The van der Waals surface area contributed by atoms with Crippen molar-refractivity contribution in [2.75, 3.05) is 13.6 Å². The van der Waals surface area contributed by atoms with Gasteiger partial charge in [-0.15, -0.1) is 0 Å². The molecule has 0 aliphatic rings. The molecule has 0 saturated carbocycles. The molecule has 0 amide bonds. The predicted molar refractivity (Wildman–Crippen MR) is 51.5 cm³/mol. The first kappa shape index (κ1) is 10.4. The molecule has 0 aromatic heterocycles. The lowest BCUT2D eigenvalue weighted by Gasteiger charge is -1.91. The van der Waals surface area contributed by atoms with Gasteiger partial charge in [0.2, 0.25) is 0 Å². The lowest BCUT2D eigenvalue weighted by atomic mass is 10.3. The monoisotopic (exact) mass is 154 g/mol. The van der Waals surface area contributed by atoms with E-state index in [4.69, 9.17) is 0 Å². The topological polar surface area (TPSA) is 3.01 Å². The van der Waals surface area contributed by atoms with E-state index in [0.717, 1.165) is 0 Å². The maximum atomic E-state index is 2.27. The van der Waals surface area contributed by atoms with E-state index in [1.165, 1.54) is 25.8 Å². The lowest BCUT2D eigenvalue weighted by molar-refractivity contribution is -0.493. The first-order valence-electron chi connectivity index (χ1n) is 4.46. The van der Waals surface area contributed by atoms with Crippen molar-refractivity contribution in [3.63, 3.8) is 0 Å². The van der Waals surface area contributed by atoms with E-state index >= 15 is 0 Å². The SMILES string of the molecule is CC=CCCC=[N+](C)CCC. The fourth-order valence-electron chi connectivity index (χ4n) is 1.00. The third kappa shape index (κ3) is 7.31. The van der Waals surface area contributed by atoms with E-state index < -0.39 is 0 Å². The van der Waals surface area contributed by atoms with Crippen molar-refractivity contribution in [3.8, 4) is 0 Å². The normalized spacial score (nSPS) is 12.8. The van der Waals surface area contributed by atoms with E-state index in [2.05, 4.69) is 43.8 Å². The zero-order valence-corrected chi connectivity index (χ0v) is 8.01. The van der Waals surface area contributed by atoms with Crippen LogP contribution in [0.15, 0.2) is 12.2 Å². The van der Waals surface area contributed by atoms with Crippen molar-refractivity contribution in [3.05, 3.63) is 12.2 Å². The minimum Gasteiger partial charge on any atom is -0.242 e. The van der Waals surface area contributed by atoms with Crippen LogP contribution in [0.3, 0.4) is 0 Å². The molecule has 11 heavy (non-hydrogen) atoms. The average molecular weight is 154 g/mol. The van der Waals surface area contributed by atoms with Gasteiger partial charge in [-0.1, -0.05) is 19.1 Å². The van der Waals surface area contributed by atoms with E-state index in [-0.39, 0.29) is 0 Å². The van der Waals surface area contributed by atoms with Crippen LogP contribution >= 0.6 is 0 Å². The van der Waals surface area contributed by atoms with Crippen LogP contribution in [0.5, 0.6) is 0 Å². The van der Waals surface area contributed by atoms with Gasteiger partial charge < -0.3 is 0 Å². The summed E-state index contributed by atoms with van der Waals surface area (Å²) in [5.41, 5.74) is 0. The second kappa shape index (κ2) is 7.52. The molecule has 0 bridgehead atoms. The fourth-order valence-corrected chi connectivity index (χ4v) is 1.00. The second-order valence-electron chi connectivity index (χ2n) is 2.81. The van der Waals surface area contributed by atoms with Gasteiger partial charge >= 0.3 is 0 Å². The van der Waals surface area contributed by atoms with Crippen LogP contribution in [-0.4, -0.2) is 24.4 Å². The molecular formula is C10H20N+. The molecule has 1 heteroatoms. The van der Waals surface area contributed by atoms with Crippen LogP contribution in [0.4, 0.5) is 0 Å². The maximum Gasteiger partial charge on any atom is 0.142 e.